The van der Waals surface area contributed by atoms with Crippen molar-refractivity contribution in [2.45, 2.75) is 25.1 Å². The SMILES string of the molecule is C=C(/C=C\C(=C/C)Oc1ncc(CS(C)(=O)=O)s1)[C@H]1c2[nH]c3ccc(Cl)cc3c2CCN1C(=O)Oc1ccc(Cl)cc1. The molecule has 5 rings (SSSR count). The molecule has 8 nitrogen and oxygen atoms in total. The molecule has 0 radical (unpaired) electrons. The summed E-state index contributed by atoms with van der Waals surface area (Å²) in [6.45, 7) is 6.52. The van der Waals surface area contributed by atoms with Crippen molar-refractivity contribution in [3.8, 4) is 10.9 Å². The molecule has 2 aromatic heterocycles. The summed E-state index contributed by atoms with van der Waals surface area (Å²) in [6.07, 6.45) is 8.01. The molecule has 3 heterocycles. The highest BCUT2D eigenvalue weighted by Gasteiger charge is 2.35. The number of halogens is 2. The molecule has 1 amide bonds. The molecule has 0 saturated heterocycles. The van der Waals surface area contributed by atoms with Crippen LogP contribution >= 0.6 is 34.5 Å². The Morgan fingerprint density at radius 1 is 1.17 bits per heavy atom. The number of nitrogens with zero attached hydrogens (tertiary/aromatic N) is 2. The molecule has 0 aliphatic carbocycles. The molecule has 0 bridgehead atoms. The van der Waals surface area contributed by atoms with Crippen LogP contribution in [-0.2, 0) is 22.0 Å². The highest BCUT2D eigenvalue weighted by Crippen LogP contribution is 2.40. The highest BCUT2D eigenvalue weighted by atomic mass is 35.5. The fourth-order valence-electron chi connectivity index (χ4n) is 4.74. The van der Waals surface area contributed by atoms with Gasteiger partial charge in [0.15, 0.2) is 9.84 Å². The molecule has 0 unspecified atom stereocenters. The Bertz CT molecular complexity index is 1820. The summed E-state index contributed by atoms with van der Waals surface area (Å²) in [4.78, 5) is 23.3. The van der Waals surface area contributed by atoms with E-state index in [1.807, 2.05) is 25.1 Å². The molecule has 0 fully saturated rings. The lowest BCUT2D eigenvalue weighted by atomic mass is 9.93. The van der Waals surface area contributed by atoms with Gasteiger partial charge in [0.05, 0.1) is 5.75 Å². The van der Waals surface area contributed by atoms with Crippen LogP contribution in [0.1, 0.15) is 29.1 Å². The number of benzene rings is 2. The van der Waals surface area contributed by atoms with E-state index in [9.17, 15) is 13.2 Å². The van der Waals surface area contributed by atoms with Crippen molar-refractivity contribution >= 4 is 61.4 Å². The van der Waals surface area contributed by atoms with Crippen LogP contribution in [0.5, 0.6) is 10.9 Å². The number of carbonyl (C=O) groups is 1. The third-order valence-electron chi connectivity index (χ3n) is 6.58. The molecule has 1 aliphatic heterocycles. The van der Waals surface area contributed by atoms with Crippen LogP contribution in [0.15, 0.2) is 84.8 Å². The fourth-order valence-corrected chi connectivity index (χ4v) is 7.08. The first-order valence-corrected chi connectivity index (χ1v) is 16.5. The van der Waals surface area contributed by atoms with Gasteiger partial charge in [0.2, 0.25) is 0 Å². The number of hydrogen-bond acceptors (Lipinski definition) is 7. The topological polar surface area (TPSA) is 102 Å². The number of ether oxygens (including phenoxy) is 2. The second kappa shape index (κ2) is 12.3. The zero-order valence-corrected chi connectivity index (χ0v) is 25.9. The van der Waals surface area contributed by atoms with Crippen LogP contribution in [0.3, 0.4) is 0 Å². The molecule has 1 aliphatic rings. The zero-order chi connectivity index (χ0) is 30.0. The molecular formula is C30H27Cl2N3O5S2. The van der Waals surface area contributed by atoms with E-state index < -0.39 is 22.0 Å². The van der Waals surface area contributed by atoms with Crippen LogP contribution in [-0.4, -0.2) is 42.2 Å². The number of nitrogens with one attached hydrogen (secondary N) is 1. The standard InChI is InChI=1S/C30H27Cl2N3O5S2/c1-4-21(39-29-33-16-23(41-29)17-42(3,37)38)9-5-18(2)28-27-24(25-15-20(32)8-12-26(25)34-27)13-14-35(28)30(36)40-22-10-6-19(31)7-11-22/h4-12,15-16,28,34H,2,13-14,17H2,1,3H3/b9-5-,21-4+/t28-/m0/s1. The molecule has 12 heteroatoms. The van der Waals surface area contributed by atoms with Gasteiger partial charge in [-0.1, -0.05) is 47.2 Å². The third-order valence-corrected chi connectivity index (χ3v) is 8.96. The molecule has 218 valence electrons. The quantitative estimate of drug-likeness (QED) is 0.156. The Morgan fingerprint density at radius 2 is 1.90 bits per heavy atom. The minimum absolute atomic E-state index is 0.104. The molecule has 4 aromatic rings. The maximum absolute atomic E-state index is 13.5. The maximum atomic E-state index is 13.5. The van der Waals surface area contributed by atoms with Crippen LogP contribution in [0.4, 0.5) is 4.79 Å². The van der Waals surface area contributed by atoms with E-state index in [2.05, 4.69) is 16.5 Å². The fraction of sp³-hybridized carbons (Fsp3) is 0.200. The van der Waals surface area contributed by atoms with Crippen LogP contribution in [0, 0.1) is 0 Å². The van der Waals surface area contributed by atoms with Gasteiger partial charge in [-0.05, 0) is 79.1 Å². The lowest BCUT2D eigenvalue weighted by Gasteiger charge is -2.35. The smallest absolute Gasteiger partial charge is 0.416 e. The summed E-state index contributed by atoms with van der Waals surface area (Å²) in [5.41, 5.74) is 3.41. The first-order chi connectivity index (χ1) is 20.0. The van der Waals surface area contributed by atoms with Gasteiger partial charge in [-0.25, -0.2) is 18.2 Å². The van der Waals surface area contributed by atoms with Gasteiger partial charge < -0.3 is 14.5 Å². The van der Waals surface area contributed by atoms with Crippen molar-refractivity contribution in [1.29, 1.82) is 0 Å². The van der Waals surface area contributed by atoms with Crippen molar-refractivity contribution in [3.63, 3.8) is 0 Å². The molecule has 0 saturated carbocycles. The summed E-state index contributed by atoms with van der Waals surface area (Å²) in [7, 11) is -3.19. The number of aromatic amines is 1. The van der Waals surface area contributed by atoms with E-state index in [0.717, 1.165) is 33.5 Å². The van der Waals surface area contributed by atoms with E-state index in [1.165, 1.54) is 12.5 Å². The number of sulfone groups is 1. The Labute approximate surface area is 257 Å². The van der Waals surface area contributed by atoms with E-state index >= 15 is 0 Å². The summed E-state index contributed by atoms with van der Waals surface area (Å²) in [6, 6.07) is 11.7. The first-order valence-electron chi connectivity index (χ1n) is 12.9. The number of H-pyrrole nitrogens is 1. The maximum Gasteiger partial charge on any atom is 0.416 e. The normalized spacial score (nSPS) is 15.7. The second-order valence-electron chi connectivity index (χ2n) is 9.74. The molecular weight excluding hydrogens is 617 g/mol. The summed E-state index contributed by atoms with van der Waals surface area (Å²) in [5.74, 6) is 0.751. The van der Waals surface area contributed by atoms with Crippen molar-refractivity contribution < 1.29 is 22.7 Å². The van der Waals surface area contributed by atoms with Crippen molar-refractivity contribution in [2.24, 2.45) is 0 Å². The second-order valence-corrected chi connectivity index (χ2v) is 13.8. The summed E-state index contributed by atoms with van der Waals surface area (Å²) >= 11 is 13.5. The third kappa shape index (κ3) is 6.90. The van der Waals surface area contributed by atoms with Gasteiger partial charge in [-0.15, -0.1) is 0 Å². The number of carbonyl (C=O) groups excluding carboxylic acids is 1. The van der Waals surface area contributed by atoms with Gasteiger partial charge in [-0.2, -0.15) is 0 Å². The number of thiazole rings is 1. The highest BCUT2D eigenvalue weighted by molar-refractivity contribution is 7.90. The first kappa shape index (κ1) is 29.9. The molecule has 1 atom stereocenters. The van der Waals surface area contributed by atoms with Gasteiger partial charge in [-0.3, -0.25) is 4.90 Å². The van der Waals surface area contributed by atoms with Gasteiger partial charge in [0, 0.05) is 50.5 Å². The average Bonchev–Trinajstić information content (AvgIpc) is 3.53. The van der Waals surface area contributed by atoms with E-state index in [4.69, 9.17) is 32.7 Å². The minimum atomic E-state index is -3.19. The van der Waals surface area contributed by atoms with Gasteiger partial charge >= 0.3 is 6.09 Å². The number of rotatable bonds is 8. The molecule has 42 heavy (non-hydrogen) atoms. The van der Waals surface area contributed by atoms with E-state index in [0.29, 0.717) is 50.2 Å². The number of fused-ring (bicyclic) bond motifs is 3. The van der Waals surface area contributed by atoms with Crippen LogP contribution in [0.25, 0.3) is 10.9 Å². The number of hydrogen-bond donors (Lipinski definition) is 1. The van der Waals surface area contributed by atoms with Crippen molar-refractivity contribution in [3.05, 3.63) is 111 Å². The van der Waals surface area contributed by atoms with Crippen molar-refractivity contribution in [1.82, 2.24) is 14.9 Å². The number of amides is 1. The lowest BCUT2D eigenvalue weighted by molar-refractivity contribution is 0.135. The van der Waals surface area contributed by atoms with Gasteiger partial charge in [0.25, 0.3) is 5.19 Å². The predicted molar refractivity (Wildman–Crippen MR) is 167 cm³/mol. The molecule has 0 spiro atoms. The van der Waals surface area contributed by atoms with Crippen LogP contribution in [0.2, 0.25) is 10.0 Å². The van der Waals surface area contributed by atoms with Crippen LogP contribution < -0.4 is 9.47 Å². The summed E-state index contributed by atoms with van der Waals surface area (Å²) in [5, 5.41) is 2.48. The Morgan fingerprint density at radius 3 is 2.62 bits per heavy atom. The minimum Gasteiger partial charge on any atom is -0.431 e. The molecule has 1 N–H and O–H groups in total. The molecule has 2 aromatic carbocycles. The average molecular weight is 645 g/mol. The lowest BCUT2D eigenvalue weighted by Crippen LogP contribution is -2.42. The number of aromatic nitrogens is 2. The van der Waals surface area contributed by atoms with Crippen molar-refractivity contribution in [2.75, 3.05) is 12.8 Å². The number of allylic oxidation sites excluding steroid dienone is 2. The Balaban J connectivity index is 1.42. The largest absolute Gasteiger partial charge is 0.431 e. The predicted octanol–water partition coefficient (Wildman–Crippen LogP) is 7.67. The van der Waals surface area contributed by atoms with Gasteiger partial charge in [0.1, 0.15) is 17.6 Å². The monoisotopic (exact) mass is 643 g/mol. The summed E-state index contributed by atoms with van der Waals surface area (Å²) < 4.78 is 34.8. The Hall–Kier alpha value is -3.57. The van der Waals surface area contributed by atoms with E-state index in [-0.39, 0.29) is 5.75 Å². The zero-order valence-electron chi connectivity index (χ0n) is 22.8. The Kier molecular flexibility index (Phi) is 8.79. The van der Waals surface area contributed by atoms with E-state index in [1.54, 1.807) is 47.4 Å².